The third kappa shape index (κ3) is 6.34. The molecule has 0 unspecified atom stereocenters. The normalized spacial score (nSPS) is 17.9. The van der Waals surface area contributed by atoms with Crippen LogP contribution in [0.2, 0.25) is 20.1 Å². The third-order valence-electron chi connectivity index (χ3n) is 7.94. The minimum Gasteiger partial charge on any atom is -0.481 e. The number of aliphatic carboxylic acids is 2. The van der Waals surface area contributed by atoms with Crippen LogP contribution in [0.4, 0.5) is 11.4 Å². The summed E-state index contributed by atoms with van der Waals surface area (Å²) in [5.74, 6) is -1.87. The fraction of sp³-hybridized carbons (Fsp3) is 0.312. The Kier molecular flexibility index (Phi) is 9.39. The molecule has 2 aromatic carbocycles. The Hall–Kier alpha value is -3.28. The first-order valence-corrected chi connectivity index (χ1v) is 15.0. The number of allylic oxidation sites excluding steroid dienone is 6. The summed E-state index contributed by atoms with van der Waals surface area (Å²) in [4.78, 5) is 24.8. The van der Waals surface area contributed by atoms with Gasteiger partial charge in [-0.2, -0.15) is 9.84 Å². The van der Waals surface area contributed by atoms with Crippen LogP contribution in [-0.2, 0) is 20.4 Å². The number of nitrogens with zero attached hydrogens (tertiary/aromatic N) is 3. The predicted molar refractivity (Wildman–Crippen MR) is 172 cm³/mol. The molecule has 2 heterocycles. The minimum atomic E-state index is -0.936. The fourth-order valence-electron chi connectivity index (χ4n) is 5.69. The standard InChI is InChI=1S/C32H29Cl4N3O4/c1-31(2)19-13-21(33)23(35)15-25(19)38(11-9-29(40)41)27(31)7-5-18(17-37)6-8-28-32(3,4)20-14-22(34)24(36)16-26(20)39(28)12-10-30(42)43/h5-8,13-16H,9-12H2,1-4H3,(H-,40,41,42,43)/p+1. The van der Waals surface area contributed by atoms with Crippen LogP contribution in [0.5, 0.6) is 0 Å². The van der Waals surface area contributed by atoms with Gasteiger partial charge in [0, 0.05) is 41.1 Å². The number of carboxylic acid groups (broad SMARTS) is 2. The van der Waals surface area contributed by atoms with Gasteiger partial charge in [0.05, 0.1) is 43.6 Å². The highest BCUT2D eigenvalue weighted by molar-refractivity contribution is 6.42. The molecular formula is C32H30Cl4N3O4+. The van der Waals surface area contributed by atoms with Crippen molar-refractivity contribution in [1.82, 2.24) is 0 Å². The van der Waals surface area contributed by atoms with Crippen LogP contribution in [0.3, 0.4) is 0 Å². The Labute approximate surface area is 270 Å². The molecule has 0 amide bonds. The van der Waals surface area contributed by atoms with Gasteiger partial charge in [-0.25, -0.2) is 0 Å². The molecule has 7 nitrogen and oxygen atoms in total. The number of anilines is 1. The predicted octanol–water partition coefficient (Wildman–Crippen LogP) is 8.31. The highest BCUT2D eigenvalue weighted by Gasteiger charge is 2.45. The zero-order chi connectivity index (χ0) is 31.9. The zero-order valence-corrected chi connectivity index (χ0v) is 27.0. The minimum absolute atomic E-state index is 0.101. The lowest BCUT2D eigenvalue weighted by Crippen LogP contribution is -2.28. The number of carbonyl (C=O) groups is 2. The van der Waals surface area contributed by atoms with Crippen molar-refractivity contribution in [3.05, 3.63) is 91.1 Å². The Morgan fingerprint density at radius 1 is 0.907 bits per heavy atom. The summed E-state index contributed by atoms with van der Waals surface area (Å²) in [5.41, 5.74) is 4.12. The van der Waals surface area contributed by atoms with E-state index in [4.69, 9.17) is 46.4 Å². The van der Waals surface area contributed by atoms with Crippen LogP contribution < -0.4 is 4.90 Å². The Morgan fingerprint density at radius 2 is 1.49 bits per heavy atom. The summed E-state index contributed by atoms with van der Waals surface area (Å²) in [7, 11) is 0. The maximum Gasteiger partial charge on any atom is 0.309 e. The summed E-state index contributed by atoms with van der Waals surface area (Å²) in [6, 6.07) is 9.28. The van der Waals surface area contributed by atoms with E-state index in [0.29, 0.717) is 25.7 Å². The van der Waals surface area contributed by atoms with Crippen LogP contribution in [0.25, 0.3) is 0 Å². The van der Waals surface area contributed by atoms with Crippen LogP contribution in [0.1, 0.15) is 51.7 Å². The van der Waals surface area contributed by atoms with Crippen LogP contribution in [0, 0.1) is 11.3 Å². The molecular weight excluding hydrogens is 632 g/mol. The zero-order valence-electron chi connectivity index (χ0n) is 24.0. The van der Waals surface area contributed by atoms with Gasteiger partial charge in [-0.3, -0.25) is 9.59 Å². The molecule has 2 aliphatic rings. The summed E-state index contributed by atoms with van der Waals surface area (Å²) in [6.07, 6.45) is 6.79. The van der Waals surface area contributed by atoms with Gasteiger partial charge in [0.2, 0.25) is 5.69 Å². The number of benzene rings is 2. The number of carboxylic acids is 2. The van der Waals surface area contributed by atoms with Gasteiger partial charge in [0.25, 0.3) is 0 Å². The van der Waals surface area contributed by atoms with E-state index < -0.39 is 22.8 Å². The Balaban J connectivity index is 1.78. The summed E-state index contributed by atoms with van der Waals surface area (Å²) in [5, 5.41) is 30.3. The number of halogens is 4. The lowest BCUT2D eigenvalue weighted by Gasteiger charge is -2.26. The second-order valence-corrected chi connectivity index (χ2v) is 13.0. The molecule has 0 atom stereocenters. The van der Waals surface area contributed by atoms with Crippen molar-refractivity contribution in [2.24, 2.45) is 0 Å². The molecule has 0 fully saturated rings. The summed E-state index contributed by atoms with van der Waals surface area (Å²) >= 11 is 25.3. The second-order valence-electron chi connectivity index (χ2n) is 11.4. The monoisotopic (exact) mass is 660 g/mol. The highest BCUT2D eigenvalue weighted by Crippen LogP contribution is 2.50. The molecule has 0 saturated heterocycles. The smallest absolute Gasteiger partial charge is 0.309 e. The van der Waals surface area contributed by atoms with E-state index >= 15 is 0 Å². The topological polar surface area (TPSA) is 105 Å². The maximum absolute atomic E-state index is 11.5. The number of hydrogen-bond acceptors (Lipinski definition) is 4. The van der Waals surface area contributed by atoms with Crippen molar-refractivity contribution in [1.29, 1.82) is 5.26 Å². The first-order chi connectivity index (χ1) is 20.1. The molecule has 0 aliphatic carbocycles. The molecule has 0 saturated carbocycles. The van der Waals surface area contributed by atoms with Gasteiger partial charge in [0.1, 0.15) is 6.42 Å². The van der Waals surface area contributed by atoms with Crippen molar-refractivity contribution < 1.29 is 24.4 Å². The number of hydrogen-bond donors (Lipinski definition) is 2. The molecule has 2 aliphatic heterocycles. The van der Waals surface area contributed by atoms with E-state index in [-0.39, 0.29) is 25.9 Å². The van der Waals surface area contributed by atoms with E-state index in [2.05, 4.69) is 6.07 Å². The quantitative estimate of drug-likeness (QED) is 0.159. The molecule has 0 radical (unpaired) electrons. The van der Waals surface area contributed by atoms with Gasteiger partial charge in [-0.1, -0.05) is 60.3 Å². The number of fused-ring (bicyclic) bond motifs is 2. The first kappa shape index (κ1) is 32.6. The van der Waals surface area contributed by atoms with Gasteiger partial charge in [0.15, 0.2) is 12.3 Å². The van der Waals surface area contributed by atoms with E-state index in [0.717, 1.165) is 33.9 Å². The molecule has 2 N–H and O–H groups in total. The molecule has 43 heavy (non-hydrogen) atoms. The lowest BCUT2D eigenvalue weighted by molar-refractivity contribution is -0.436. The maximum atomic E-state index is 11.5. The van der Waals surface area contributed by atoms with E-state index in [1.165, 1.54) is 0 Å². The third-order valence-corrected chi connectivity index (χ3v) is 9.38. The molecule has 4 rings (SSSR count). The fourth-order valence-corrected chi connectivity index (χ4v) is 6.33. The van der Waals surface area contributed by atoms with Crippen molar-refractivity contribution in [3.63, 3.8) is 0 Å². The Morgan fingerprint density at radius 3 is 2.09 bits per heavy atom. The van der Waals surface area contributed by atoms with Crippen LogP contribution in [0.15, 0.2) is 59.8 Å². The van der Waals surface area contributed by atoms with E-state index in [1.807, 2.05) is 49.3 Å². The molecule has 224 valence electrons. The van der Waals surface area contributed by atoms with E-state index in [9.17, 15) is 25.1 Å². The summed E-state index contributed by atoms with van der Waals surface area (Å²) < 4.78 is 1.90. The largest absolute Gasteiger partial charge is 0.481 e. The van der Waals surface area contributed by atoms with Gasteiger partial charge in [-0.15, -0.1) is 0 Å². The Bertz CT molecular complexity index is 1700. The number of rotatable bonds is 9. The number of nitriles is 1. The lowest BCUT2D eigenvalue weighted by atomic mass is 9.81. The first-order valence-electron chi connectivity index (χ1n) is 13.4. The SMILES string of the molecule is CC1(C)C(/C=C/C(C#N)=C/C=C2/N(CCC(=O)O)c3cc(Cl)c(Cl)cc3C2(C)C)=[N+](CCC(=O)O)c2cc(Cl)c(Cl)cc21. The molecule has 0 spiro atoms. The second kappa shape index (κ2) is 12.4. The van der Waals surface area contributed by atoms with E-state index in [1.54, 1.807) is 36.4 Å². The van der Waals surface area contributed by atoms with Crippen molar-refractivity contribution in [2.75, 3.05) is 18.0 Å². The molecule has 2 aromatic rings. The molecule has 0 bridgehead atoms. The van der Waals surface area contributed by atoms with Gasteiger partial charge >= 0.3 is 11.9 Å². The van der Waals surface area contributed by atoms with Crippen molar-refractivity contribution >= 4 is 75.4 Å². The van der Waals surface area contributed by atoms with Crippen LogP contribution in [-0.4, -0.2) is 45.5 Å². The average molecular weight is 662 g/mol. The molecule has 0 aromatic heterocycles. The summed E-state index contributed by atoms with van der Waals surface area (Å²) in [6.45, 7) is 8.42. The van der Waals surface area contributed by atoms with Crippen molar-refractivity contribution in [2.45, 2.75) is 51.4 Å². The van der Waals surface area contributed by atoms with Gasteiger partial charge < -0.3 is 15.1 Å². The molecule has 11 heteroatoms. The van der Waals surface area contributed by atoms with Crippen LogP contribution >= 0.6 is 46.4 Å². The highest BCUT2D eigenvalue weighted by atomic mass is 35.5. The van der Waals surface area contributed by atoms with Gasteiger partial charge in [-0.05, 0) is 55.8 Å². The average Bonchev–Trinajstić information content (AvgIpc) is 3.24. The van der Waals surface area contributed by atoms with Crippen molar-refractivity contribution in [3.8, 4) is 6.07 Å².